The Hall–Kier alpha value is -2.01. The molecule has 1 aromatic carbocycles. The van der Waals surface area contributed by atoms with Crippen LogP contribution in [0.4, 0.5) is 0 Å². The number of hydrogen-bond donors (Lipinski definition) is 2. The first-order valence-corrected chi connectivity index (χ1v) is 8.32. The van der Waals surface area contributed by atoms with Crippen molar-refractivity contribution >= 4 is 17.3 Å². The minimum Gasteiger partial charge on any atom is -0.492 e. The van der Waals surface area contributed by atoms with Gasteiger partial charge in [-0.25, -0.2) is 0 Å². The van der Waals surface area contributed by atoms with Gasteiger partial charge >= 0.3 is 0 Å². The highest BCUT2D eigenvalue weighted by molar-refractivity contribution is 7.09. The Morgan fingerprint density at radius 3 is 2.59 bits per heavy atom. The van der Waals surface area contributed by atoms with Crippen molar-refractivity contribution in [1.29, 1.82) is 0 Å². The van der Waals surface area contributed by atoms with Crippen molar-refractivity contribution in [1.82, 2.24) is 10.6 Å². The van der Waals surface area contributed by atoms with Gasteiger partial charge in [-0.3, -0.25) is 4.99 Å². The summed E-state index contributed by atoms with van der Waals surface area (Å²) in [6.45, 7) is 4.26. The number of nitrogens with zero attached hydrogens (tertiary/aromatic N) is 1. The molecule has 0 amide bonds. The first kappa shape index (κ1) is 16.4. The largest absolute Gasteiger partial charge is 0.492 e. The number of aryl methyl sites for hydroxylation is 1. The second-order valence-corrected chi connectivity index (χ2v) is 5.95. The number of ether oxygens (including phenoxy) is 1. The fourth-order valence-corrected chi connectivity index (χ4v) is 2.66. The van der Waals surface area contributed by atoms with E-state index in [1.807, 2.05) is 24.3 Å². The van der Waals surface area contributed by atoms with Crippen LogP contribution in [0.3, 0.4) is 0 Å². The van der Waals surface area contributed by atoms with Gasteiger partial charge in [0.15, 0.2) is 5.96 Å². The Morgan fingerprint density at radius 1 is 1.14 bits per heavy atom. The van der Waals surface area contributed by atoms with Crippen LogP contribution in [0.1, 0.15) is 10.4 Å². The molecule has 0 saturated heterocycles. The fourth-order valence-electron chi connectivity index (χ4n) is 1.95. The van der Waals surface area contributed by atoms with E-state index in [2.05, 4.69) is 40.1 Å². The van der Waals surface area contributed by atoms with Gasteiger partial charge in [-0.1, -0.05) is 23.8 Å². The van der Waals surface area contributed by atoms with Crippen LogP contribution in [0.2, 0.25) is 0 Å². The van der Waals surface area contributed by atoms with E-state index >= 15 is 0 Å². The molecule has 2 aromatic rings. The molecule has 2 N–H and O–H groups in total. The maximum Gasteiger partial charge on any atom is 0.191 e. The minimum absolute atomic E-state index is 0.606. The second kappa shape index (κ2) is 9.10. The lowest BCUT2D eigenvalue weighted by atomic mass is 10.2. The van der Waals surface area contributed by atoms with Gasteiger partial charge in [0.05, 0.1) is 6.54 Å². The van der Waals surface area contributed by atoms with E-state index in [4.69, 9.17) is 4.74 Å². The van der Waals surface area contributed by atoms with Crippen molar-refractivity contribution in [3.63, 3.8) is 0 Å². The summed E-state index contributed by atoms with van der Waals surface area (Å²) >= 11 is 1.78. The first-order valence-electron chi connectivity index (χ1n) is 7.44. The molecule has 0 spiro atoms. The van der Waals surface area contributed by atoms with Gasteiger partial charge in [0.1, 0.15) is 12.4 Å². The standard InChI is InChI=1S/C17H23N3OS/c1-14-5-7-15(8-6-14)21-12-11-20-17(18-2)19-10-9-16-4-3-13-22-16/h3-8,13H,9-12H2,1-2H3,(H2,18,19,20). The number of thiophene rings is 1. The molecule has 118 valence electrons. The van der Waals surface area contributed by atoms with Crippen molar-refractivity contribution in [3.8, 4) is 5.75 Å². The summed E-state index contributed by atoms with van der Waals surface area (Å²) in [6.07, 6.45) is 1.01. The van der Waals surface area contributed by atoms with Crippen molar-refractivity contribution in [2.24, 2.45) is 4.99 Å². The fraction of sp³-hybridized carbons (Fsp3) is 0.353. The minimum atomic E-state index is 0.606. The number of guanidine groups is 1. The van der Waals surface area contributed by atoms with Crippen LogP contribution < -0.4 is 15.4 Å². The molecule has 2 rings (SSSR count). The number of nitrogens with one attached hydrogen (secondary N) is 2. The zero-order chi connectivity index (χ0) is 15.6. The van der Waals surface area contributed by atoms with Crippen molar-refractivity contribution in [2.75, 3.05) is 26.7 Å². The summed E-state index contributed by atoms with van der Waals surface area (Å²) in [4.78, 5) is 5.59. The number of benzene rings is 1. The van der Waals surface area contributed by atoms with Crippen molar-refractivity contribution in [3.05, 3.63) is 52.2 Å². The van der Waals surface area contributed by atoms with Gasteiger partial charge < -0.3 is 15.4 Å². The smallest absolute Gasteiger partial charge is 0.191 e. The molecule has 0 aliphatic rings. The normalized spacial score (nSPS) is 11.3. The third-order valence-corrected chi connectivity index (χ3v) is 4.09. The van der Waals surface area contributed by atoms with Crippen LogP contribution in [0.5, 0.6) is 5.75 Å². The van der Waals surface area contributed by atoms with Crippen LogP contribution in [0.15, 0.2) is 46.8 Å². The van der Waals surface area contributed by atoms with Gasteiger partial charge in [0, 0.05) is 18.5 Å². The molecule has 1 heterocycles. The van der Waals surface area contributed by atoms with Gasteiger partial charge in [-0.05, 0) is 36.9 Å². The summed E-state index contributed by atoms with van der Waals surface area (Å²) in [5, 5.41) is 8.65. The third-order valence-electron chi connectivity index (χ3n) is 3.15. The van der Waals surface area contributed by atoms with E-state index in [9.17, 15) is 0 Å². The summed E-state index contributed by atoms with van der Waals surface area (Å²) in [7, 11) is 1.78. The Morgan fingerprint density at radius 2 is 1.91 bits per heavy atom. The molecule has 4 nitrogen and oxygen atoms in total. The van der Waals surface area contributed by atoms with Crippen LogP contribution in [-0.4, -0.2) is 32.7 Å². The van der Waals surface area contributed by atoms with Gasteiger partial charge in [-0.15, -0.1) is 11.3 Å². The summed E-state index contributed by atoms with van der Waals surface area (Å²) in [5.41, 5.74) is 1.24. The topological polar surface area (TPSA) is 45.7 Å². The van der Waals surface area contributed by atoms with Gasteiger partial charge in [0.2, 0.25) is 0 Å². The SMILES string of the molecule is CN=C(NCCOc1ccc(C)cc1)NCCc1cccs1. The van der Waals surface area contributed by atoms with E-state index in [0.717, 1.165) is 24.7 Å². The summed E-state index contributed by atoms with van der Waals surface area (Å²) < 4.78 is 5.68. The molecule has 0 aliphatic heterocycles. The maximum atomic E-state index is 5.68. The van der Waals surface area contributed by atoms with Crippen molar-refractivity contribution in [2.45, 2.75) is 13.3 Å². The van der Waals surface area contributed by atoms with Crippen molar-refractivity contribution < 1.29 is 4.74 Å². The first-order chi connectivity index (χ1) is 10.8. The molecule has 0 aliphatic carbocycles. The molecule has 1 aromatic heterocycles. The number of hydrogen-bond acceptors (Lipinski definition) is 3. The molecule has 0 unspecified atom stereocenters. The third kappa shape index (κ3) is 5.77. The summed E-state index contributed by atoms with van der Waals surface area (Å²) in [6, 6.07) is 12.3. The molecular weight excluding hydrogens is 294 g/mol. The van der Waals surface area contributed by atoms with Crippen LogP contribution in [0, 0.1) is 6.92 Å². The second-order valence-electron chi connectivity index (χ2n) is 4.92. The highest BCUT2D eigenvalue weighted by atomic mass is 32.1. The Bertz CT molecular complexity index is 564. The van der Waals surface area contributed by atoms with Gasteiger partial charge in [-0.2, -0.15) is 0 Å². The molecule has 0 bridgehead atoms. The van der Waals surface area contributed by atoms with Crippen LogP contribution in [0.25, 0.3) is 0 Å². The number of aliphatic imine (C=N–C) groups is 1. The lowest BCUT2D eigenvalue weighted by Gasteiger charge is -2.12. The van der Waals surface area contributed by atoms with E-state index < -0.39 is 0 Å². The highest BCUT2D eigenvalue weighted by Crippen LogP contribution is 2.10. The van der Waals surface area contributed by atoms with Crippen LogP contribution in [-0.2, 0) is 6.42 Å². The monoisotopic (exact) mass is 317 g/mol. The summed E-state index contributed by atoms with van der Waals surface area (Å²) in [5.74, 6) is 1.71. The zero-order valence-electron chi connectivity index (χ0n) is 13.1. The molecule has 0 saturated carbocycles. The quantitative estimate of drug-likeness (QED) is 0.469. The zero-order valence-corrected chi connectivity index (χ0v) is 14.0. The lowest BCUT2D eigenvalue weighted by Crippen LogP contribution is -2.40. The highest BCUT2D eigenvalue weighted by Gasteiger charge is 1.99. The molecule has 0 atom stereocenters. The Kier molecular flexibility index (Phi) is 6.77. The van der Waals surface area contributed by atoms with Crippen LogP contribution >= 0.6 is 11.3 Å². The number of rotatable bonds is 7. The maximum absolute atomic E-state index is 5.68. The molecule has 5 heteroatoms. The predicted octanol–water partition coefficient (Wildman–Crippen LogP) is 2.84. The molecule has 0 radical (unpaired) electrons. The van der Waals surface area contributed by atoms with E-state index in [-0.39, 0.29) is 0 Å². The van der Waals surface area contributed by atoms with E-state index in [1.54, 1.807) is 18.4 Å². The average molecular weight is 317 g/mol. The van der Waals surface area contributed by atoms with E-state index in [0.29, 0.717) is 13.2 Å². The average Bonchev–Trinajstić information content (AvgIpc) is 3.04. The predicted molar refractivity (Wildman–Crippen MR) is 94.1 cm³/mol. The Balaban J connectivity index is 1.60. The van der Waals surface area contributed by atoms with E-state index in [1.165, 1.54) is 10.4 Å². The molecule has 0 fully saturated rings. The Labute approximate surface area is 136 Å². The molecular formula is C17H23N3OS. The van der Waals surface area contributed by atoms with Gasteiger partial charge in [0.25, 0.3) is 0 Å². The lowest BCUT2D eigenvalue weighted by molar-refractivity contribution is 0.322. The molecule has 22 heavy (non-hydrogen) atoms.